The number of benzene rings is 1. The van der Waals surface area contributed by atoms with Gasteiger partial charge in [-0.05, 0) is 12.1 Å². The number of anilines is 2. The van der Waals surface area contributed by atoms with Gasteiger partial charge < -0.3 is 24.6 Å². The second-order valence-electron chi connectivity index (χ2n) is 7.40. The van der Waals surface area contributed by atoms with E-state index in [-0.39, 0.29) is 0 Å². The molecule has 0 amide bonds. The zero-order valence-corrected chi connectivity index (χ0v) is 15.0. The van der Waals surface area contributed by atoms with Crippen molar-refractivity contribution in [2.24, 2.45) is 0 Å². The van der Waals surface area contributed by atoms with Gasteiger partial charge in [0, 0.05) is 37.9 Å². The van der Waals surface area contributed by atoms with Crippen molar-refractivity contribution < 1.29 is 14.0 Å². The molecule has 2 aliphatic heterocycles. The minimum atomic E-state index is 0.707. The molecule has 1 fully saturated rings. The molecular weight excluding hydrogens is 304 g/mol. The average molecular weight is 335 g/mol. The predicted molar refractivity (Wildman–Crippen MR) is 97.7 cm³/mol. The zero-order chi connectivity index (χ0) is 17.0. The Labute approximate surface area is 145 Å². The van der Waals surface area contributed by atoms with Crippen molar-refractivity contribution in [2.45, 2.75) is 0 Å². The van der Waals surface area contributed by atoms with Crippen LogP contribution in [0.5, 0.6) is 5.75 Å². The summed E-state index contributed by atoms with van der Waals surface area (Å²) in [6, 6.07) is 5.87. The number of likely N-dealkylation sites (N-methyl/N-ethyl adjacent to an activating group) is 1. The average Bonchev–Trinajstić information content (AvgIpc) is 2.55. The number of hydrogen-bond donors (Lipinski definition) is 1. The molecule has 0 spiro atoms. The third-order valence-electron chi connectivity index (χ3n) is 5.04. The van der Waals surface area contributed by atoms with Gasteiger partial charge in [-0.1, -0.05) is 0 Å². The van der Waals surface area contributed by atoms with Crippen molar-refractivity contribution in [2.75, 3.05) is 90.4 Å². The van der Waals surface area contributed by atoms with Crippen molar-refractivity contribution in [1.82, 2.24) is 4.90 Å². The second-order valence-corrected chi connectivity index (χ2v) is 7.40. The Balaban J connectivity index is 1.36. The van der Waals surface area contributed by atoms with Gasteiger partial charge in [0.05, 0.1) is 52.6 Å². The number of rotatable bonds is 6. The largest absolute Gasteiger partial charge is 0.489 e. The Morgan fingerprint density at radius 1 is 1.12 bits per heavy atom. The number of hydrogen-bond acceptors (Lipinski definition) is 5. The van der Waals surface area contributed by atoms with E-state index in [1.807, 2.05) is 18.2 Å². The van der Waals surface area contributed by atoms with E-state index in [4.69, 9.17) is 15.2 Å². The summed E-state index contributed by atoms with van der Waals surface area (Å²) in [6.45, 7) is 9.91. The number of nitrogen functional groups attached to an aromatic ring is 1. The summed E-state index contributed by atoms with van der Waals surface area (Å²) >= 11 is 0. The van der Waals surface area contributed by atoms with E-state index in [1.165, 1.54) is 26.2 Å². The van der Waals surface area contributed by atoms with Crippen molar-refractivity contribution >= 4 is 11.4 Å². The molecular formula is C18H31N4O2+. The van der Waals surface area contributed by atoms with E-state index < -0.39 is 0 Å². The fourth-order valence-corrected chi connectivity index (χ4v) is 3.27. The van der Waals surface area contributed by atoms with Gasteiger partial charge in [-0.25, -0.2) is 0 Å². The molecule has 2 N–H and O–H groups in total. The first-order chi connectivity index (χ1) is 11.5. The van der Waals surface area contributed by atoms with Gasteiger partial charge in [-0.15, -0.1) is 0 Å². The highest BCUT2D eigenvalue weighted by atomic mass is 16.5. The quantitative estimate of drug-likeness (QED) is 0.475. The molecule has 3 rings (SSSR count). The molecule has 1 aromatic carbocycles. The summed E-state index contributed by atoms with van der Waals surface area (Å²) in [5.74, 6) is 0.885. The Bertz CT molecular complexity index is 540. The first kappa shape index (κ1) is 17.3. The highest BCUT2D eigenvalue weighted by molar-refractivity contribution is 5.65. The molecule has 0 unspecified atom stereocenters. The fraction of sp³-hybridized carbons (Fsp3) is 0.667. The monoisotopic (exact) mass is 335 g/mol. The SMILES string of the molecule is C[N+]1(C)CCN(CCOCCN2CCOc3cc(N)ccc32)CC1. The summed E-state index contributed by atoms with van der Waals surface area (Å²) in [7, 11) is 4.61. The Hall–Kier alpha value is -1.50. The molecule has 6 nitrogen and oxygen atoms in total. The lowest BCUT2D eigenvalue weighted by Gasteiger charge is -2.39. The molecule has 24 heavy (non-hydrogen) atoms. The van der Waals surface area contributed by atoms with Gasteiger partial charge in [-0.3, -0.25) is 4.90 Å². The van der Waals surface area contributed by atoms with Crippen LogP contribution in [0.25, 0.3) is 0 Å². The molecule has 2 aliphatic rings. The van der Waals surface area contributed by atoms with Crippen LogP contribution in [-0.4, -0.2) is 89.1 Å². The number of nitrogens with two attached hydrogens (primary N) is 1. The zero-order valence-electron chi connectivity index (χ0n) is 15.0. The molecule has 1 saturated heterocycles. The van der Waals surface area contributed by atoms with E-state index in [1.54, 1.807) is 0 Å². The van der Waals surface area contributed by atoms with Crippen LogP contribution in [0.2, 0.25) is 0 Å². The normalized spacial score (nSPS) is 20.5. The van der Waals surface area contributed by atoms with Crippen LogP contribution >= 0.6 is 0 Å². The third-order valence-corrected chi connectivity index (χ3v) is 5.04. The first-order valence-electron chi connectivity index (χ1n) is 8.93. The lowest BCUT2D eigenvalue weighted by atomic mass is 10.2. The summed E-state index contributed by atoms with van der Waals surface area (Å²) in [5.41, 5.74) is 7.69. The summed E-state index contributed by atoms with van der Waals surface area (Å²) in [5, 5.41) is 0. The van der Waals surface area contributed by atoms with Crippen LogP contribution in [0.1, 0.15) is 0 Å². The van der Waals surface area contributed by atoms with Crippen molar-refractivity contribution in [3.8, 4) is 5.75 Å². The van der Waals surface area contributed by atoms with Gasteiger partial charge in [0.25, 0.3) is 0 Å². The molecule has 0 bridgehead atoms. The van der Waals surface area contributed by atoms with Crippen LogP contribution in [0.15, 0.2) is 18.2 Å². The minimum Gasteiger partial charge on any atom is -0.489 e. The molecule has 6 heteroatoms. The third kappa shape index (κ3) is 4.53. The van der Waals surface area contributed by atoms with Gasteiger partial charge >= 0.3 is 0 Å². The molecule has 2 heterocycles. The van der Waals surface area contributed by atoms with Crippen LogP contribution in [-0.2, 0) is 4.74 Å². The van der Waals surface area contributed by atoms with E-state index in [9.17, 15) is 0 Å². The highest BCUT2D eigenvalue weighted by Crippen LogP contribution is 2.32. The van der Waals surface area contributed by atoms with Crippen molar-refractivity contribution in [1.29, 1.82) is 0 Å². The highest BCUT2D eigenvalue weighted by Gasteiger charge is 2.23. The van der Waals surface area contributed by atoms with E-state index in [2.05, 4.69) is 23.9 Å². The minimum absolute atomic E-state index is 0.707. The second kappa shape index (κ2) is 7.59. The Kier molecular flexibility index (Phi) is 5.48. The van der Waals surface area contributed by atoms with Gasteiger partial charge in [0.1, 0.15) is 12.4 Å². The fourth-order valence-electron chi connectivity index (χ4n) is 3.27. The van der Waals surface area contributed by atoms with E-state index in [0.29, 0.717) is 6.61 Å². The Morgan fingerprint density at radius 3 is 2.67 bits per heavy atom. The first-order valence-corrected chi connectivity index (χ1v) is 8.93. The molecule has 0 radical (unpaired) electrons. The van der Waals surface area contributed by atoms with E-state index in [0.717, 1.165) is 54.5 Å². The maximum atomic E-state index is 5.88. The van der Waals surface area contributed by atoms with Crippen molar-refractivity contribution in [3.63, 3.8) is 0 Å². The lowest BCUT2D eigenvalue weighted by Crippen LogP contribution is -2.55. The smallest absolute Gasteiger partial charge is 0.144 e. The van der Waals surface area contributed by atoms with E-state index >= 15 is 0 Å². The molecule has 0 atom stereocenters. The van der Waals surface area contributed by atoms with Gasteiger partial charge in [-0.2, -0.15) is 0 Å². The summed E-state index contributed by atoms with van der Waals surface area (Å²) in [6.07, 6.45) is 0. The van der Waals surface area contributed by atoms with Crippen molar-refractivity contribution in [3.05, 3.63) is 18.2 Å². The summed E-state index contributed by atoms with van der Waals surface area (Å²) < 4.78 is 12.7. The molecule has 0 aliphatic carbocycles. The number of ether oxygens (including phenoxy) is 2. The molecule has 0 saturated carbocycles. The maximum Gasteiger partial charge on any atom is 0.144 e. The lowest BCUT2D eigenvalue weighted by molar-refractivity contribution is -0.894. The predicted octanol–water partition coefficient (Wildman–Crippen LogP) is 0.876. The van der Waals surface area contributed by atoms with Crippen LogP contribution in [0.3, 0.4) is 0 Å². The van der Waals surface area contributed by atoms with Gasteiger partial charge in [0.2, 0.25) is 0 Å². The van der Waals surface area contributed by atoms with Crippen LogP contribution < -0.4 is 15.4 Å². The topological polar surface area (TPSA) is 51.0 Å². The molecule has 1 aromatic rings. The molecule has 134 valence electrons. The van der Waals surface area contributed by atoms with Gasteiger partial charge in [0.15, 0.2) is 0 Å². The number of nitrogens with zero attached hydrogens (tertiary/aromatic N) is 3. The van der Waals surface area contributed by atoms with Crippen LogP contribution in [0, 0.1) is 0 Å². The number of quaternary nitrogens is 1. The Morgan fingerprint density at radius 2 is 1.88 bits per heavy atom. The summed E-state index contributed by atoms with van der Waals surface area (Å²) in [4.78, 5) is 4.83. The van der Waals surface area contributed by atoms with Crippen LogP contribution in [0.4, 0.5) is 11.4 Å². The number of fused-ring (bicyclic) bond motifs is 1. The standard InChI is InChI=1S/C18H31N4O2/c1-22(2)10-5-20(6-11-22)7-12-23-13-8-21-9-14-24-18-15-16(19)3-4-17(18)21/h3-4,15H,5-14,19H2,1-2H3/q+1. The maximum absolute atomic E-state index is 5.88. The molecule has 0 aromatic heterocycles. The number of piperazine rings is 1.